The largest absolute Gasteiger partial charge is 0.475 e. The van der Waals surface area contributed by atoms with Gasteiger partial charge in [0.2, 0.25) is 5.88 Å². The molecule has 0 saturated heterocycles. The van der Waals surface area contributed by atoms with Crippen LogP contribution in [0.25, 0.3) is 31.7 Å². The highest BCUT2D eigenvalue weighted by Gasteiger charge is 2.23. The quantitative estimate of drug-likeness (QED) is 0.338. The van der Waals surface area contributed by atoms with Crippen molar-refractivity contribution in [3.8, 4) is 17.3 Å². The van der Waals surface area contributed by atoms with Crippen LogP contribution in [0.4, 0.5) is 0 Å². The molecule has 0 amide bonds. The van der Waals surface area contributed by atoms with Gasteiger partial charge in [0.1, 0.15) is 11.4 Å². The van der Waals surface area contributed by atoms with Crippen molar-refractivity contribution in [1.82, 2.24) is 15.0 Å². The fraction of sp³-hybridized carbons (Fsp3) is 0.269. The first-order chi connectivity index (χ1) is 16.3. The standard InChI is InChI=1S/C26H24N4OS2/c27-18(13-17-15-32-21-7-3-1-5-19(17)21)14-31-25-23-20-6-2-4-8-22(20)33-26(23)30-24(29-25)16-9-11-28-12-10-16/h1,3,5,7,9-12,15,18H,2,4,6,8,13-14,27H2/t18-/m1/s1. The summed E-state index contributed by atoms with van der Waals surface area (Å²) in [4.78, 5) is 16.3. The number of benzene rings is 1. The number of pyridine rings is 1. The Hall–Kier alpha value is -2.87. The Morgan fingerprint density at radius 2 is 1.88 bits per heavy atom. The second-order valence-electron chi connectivity index (χ2n) is 8.51. The summed E-state index contributed by atoms with van der Waals surface area (Å²) in [5.74, 6) is 1.34. The van der Waals surface area contributed by atoms with E-state index in [0.717, 1.165) is 35.0 Å². The van der Waals surface area contributed by atoms with Gasteiger partial charge in [0.05, 0.1) is 5.39 Å². The van der Waals surface area contributed by atoms with Crippen molar-refractivity contribution < 1.29 is 4.74 Å². The third-order valence-corrected chi connectivity index (χ3v) is 8.40. The maximum absolute atomic E-state index is 6.54. The molecule has 0 spiro atoms. The Kier molecular flexibility index (Phi) is 5.54. The minimum absolute atomic E-state index is 0.119. The summed E-state index contributed by atoms with van der Waals surface area (Å²) in [5.41, 5.74) is 10.1. The number of fused-ring (bicyclic) bond motifs is 4. The molecule has 33 heavy (non-hydrogen) atoms. The highest BCUT2D eigenvalue weighted by molar-refractivity contribution is 7.19. The fourth-order valence-electron chi connectivity index (χ4n) is 4.58. The zero-order valence-corrected chi connectivity index (χ0v) is 19.8. The molecule has 5 nitrogen and oxygen atoms in total. The molecule has 0 unspecified atom stereocenters. The number of hydrogen-bond acceptors (Lipinski definition) is 7. The van der Waals surface area contributed by atoms with E-state index in [2.05, 4.69) is 34.6 Å². The highest BCUT2D eigenvalue weighted by Crippen LogP contribution is 2.40. The number of ether oxygens (including phenoxy) is 1. The smallest absolute Gasteiger partial charge is 0.226 e. The maximum Gasteiger partial charge on any atom is 0.226 e. The first-order valence-electron chi connectivity index (χ1n) is 11.3. The average Bonchev–Trinajstić information content (AvgIpc) is 3.44. The van der Waals surface area contributed by atoms with E-state index in [4.69, 9.17) is 20.4 Å². The van der Waals surface area contributed by atoms with Crippen LogP contribution in [-0.2, 0) is 19.3 Å². The molecule has 1 aliphatic carbocycles. The topological polar surface area (TPSA) is 73.9 Å². The molecule has 4 heterocycles. The van der Waals surface area contributed by atoms with Crippen molar-refractivity contribution in [3.63, 3.8) is 0 Å². The molecule has 166 valence electrons. The van der Waals surface area contributed by atoms with E-state index in [9.17, 15) is 0 Å². The van der Waals surface area contributed by atoms with Crippen LogP contribution in [0.1, 0.15) is 28.8 Å². The molecule has 0 fully saturated rings. The highest BCUT2D eigenvalue weighted by atomic mass is 32.1. The second-order valence-corrected chi connectivity index (χ2v) is 10.5. The Labute approximate surface area is 200 Å². The number of thiophene rings is 2. The average molecular weight is 473 g/mol. The van der Waals surface area contributed by atoms with Gasteiger partial charge in [-0.2, -0.15) is 4.98 Å². The molecule has 6 rings (SSSR count). The molecule has 0 saturated carbocycles. The predicted octanol–water partition coefficient (Wildman–Crippen LogP) is 5.80. The van der Waals surface area contributed by atoms with E-state index in [-0.39, 0.29) is 6.04 Å². The van der Waals surface area contributed by atoms with E-state index < -0.39 is 0 Å². The van der Waals surface area contributed by atoms with Crippen LogP contribution in [0.5, 0.6) is 5.88 Å². The molecular weight excluding hydrogens is 448 g/mol. The van der Waals surface area contributed by atoms with Crippen molar-refractivity contribution in [3.05, 3.63) is 70.2 Å². The van der Waals surface area contributed by atoms with Crippen molar-refractivity contribution >= 4 is 43.0 Å². The Morgan fingerprint density at radius 3 is 2.79 bits per heavy atom. The summed E-state index contributed by atoms with van der Waals surface area (Å²) in [7, 11) is 0. The number of aromatic nitrogens is 3. The predicted molar refractivity (Wildman–Crippen MR) is 136 cm³/mol. The van der Waals surface area contributed by atoms with Crippen LogP contribution >= 0.6 is 22.7 Å². The Bertz CT molecular complexity index is 1430. The van der Waals surface area contributed by atoms with E-state index in [1.165, 1.54) is 38.9 Å². The first-order valence-corrected chi connectivity index (χ1v) is 13.0. The second kappa shape index (κ2) is 8.82. The number of hydrogen-bond donors (Lipinski definition) is 1. The van der Waals surface area contributed by atoms with Crippen LogP contribution in [0.3, 0.4) is 0 Å². The summed E-state index contributed by atoms with van der Waals surface area (Å²) >= 11 is 3.55. The van der Waals surface area contributed by atoms with Gasteiger partial charge in [0.25, 0.3) is 0 Å². The van der Waals surface area contributed by atoms with Crippen LogP contribution in [0.15, 0.2) is 54.2 Å². The molecule has 0 radical (unpaired) electrons. The molecule has 4 aromatic heterocycles. The van der Waals surface area contributed by atoms with Gasteiger partial charge in [0, 0.05) is 33.6 Å². The Balaban J connectivity index is 1.31. The molecule has 0 aliphatic heterocycles. The summed E-state index contributed by atoms with van der Waals surface area (Å²) in [5, 5.41) is 4.58. The molecule has 7 heteroatoms. The number of nitrogens with zero attached hydrogens (tertiary/aromatic N) is 3. The zero-order chi connectivity index (χ0) is 22.2. The minimum atomic E-state index is -0.119. The lowest BCUT2D eigenvalue weighted by Crippen LogP contribution is -2.30. The van der Waals surface area contributed by atoms with E-state index in [0.29, 0.717) is 18.3 Å². The van der Waals surface area contributed by atoms with Gasteiger partial charge in [-0.25, -0.2) is 4.98 Å². The summed E-state index contributed by atoms with van der Waals surface area (Å²) < 4.78 is 7.64. The van der Waals surface area contributed by atoms with Crippen molar-refractivity contribution in [2.45, 2.75) is 38.1 Å². The third-order valence-electron chi connectivity index (χ3n) is 6.20. The maximum atomic E-state index is 6.54. The number of aryl methyl sites for hydroxylation is 2. The number of nitrogens with two attached hydrogens (primary N) is 1. The van der Waals surface area contributed by atoms with Crippen LogP contribution in [0, 0.1) is 0 Å². The lowest BCUT2D eigenvalue weighted by atomic mass is 9.97. The Morgan fingerprint density at radius 1 is 1.03 bits per heavy atom. The van der Waals surface area contributed by atoms with Gasteiger partial charge in [-0.3, -0.25) is 4.98 Å². The lowest BCUT2D eigenvalue weighted by molar-refractivity contribution is 0.281. The SMILES string of the molecule is N[C@@H](COc1nc(-c2ccncc2)nc2sc3c(c12)CCCC3)Cc1csc2ccccc12. The minimum Gasteiger partial charge on any atom is -0.475 e. The van der Waals surface area contributed by atoms with Crippen molar-refractivity contribution in [2.75, 3.05) is 6.61 Å². The third kappa shape index (κ3) is 4.01. The van der Waals surface area contributed by atoms with E-state index in [1.807, 2.05) is 12.1 Å². The van der Waals surface area contributed by atoms with E-state index >= 15 is 0 Å². The molecular formula is C26H24N4OS2. The van der Waals surface area contributed by atoms with Crippen LogP contribution in [-0.4, -0.2) is 27.6 Å². The van der Waals surface area contributed by atoms with Crippen molar-refractivity contribution in [1.29, 1.82) is 0 Å². The lowest BCUT2D eigenvalue weighted by Gasteiger charge is -2.15. The molecule has 1 atom stereocenters. The van der Waals surface area contributed by atoms with Crippen LogP contribution < -0.4 is 10.5 Å². The fourth-order valence-corrected chi connectivity index (χ4v) is 6.80. The molecule has 1 aliphatic rings. The molecule has 0 bridgehead atoms. The van der Waals surface area contributed by atoms with Gasteiger partial charge in [-0.1, -0.05) is 18.2 Å². The van der Waals surface area contributed by atoms with Gasteiger partial charge >= 0.3 is 0 Å². The van der Waals surface area contributed by atoms with Gasteiger partial charge in [-0.15, -0.1) is 22.7 Å². The first kappa shape index (κ1) is 20.7. The van der Waals surface area contributed by atoms with Gasteiger partial charge in [0.15, 0.2) is 5.82 Å². The zero-order valence-electron chi connectivity index (χ0n) is 18.2. The number of rotatable bonds is 6. The van der Waals surface area contributed by atoms with Gasteiger partial charge in [-0.05, 0) is 72.2 Å². The molecule has 5 aromatic rings. The van der Waals surface area contributed by atoms with E-state index in [1.54, 1.807) is 35.1 Å². The monoisotopic (exact) mass is 472 g/mol. The van der Waals surface area contributed by atoms with Crippen LogP contribution in [0.2, 0.25) is 0 Å². The summed E-state index contributed by atoms with van der Waals surface area (Å²) in [6.45, 7) is 0.413. The summed E-state index contributed by atoms with van der Waals surface area (Å²) in [6, 6.07) is 12.2. The van der Waals surface area contributed by atoms with Crippen molar-refractivity contribution in [2.24, 2.45) is 5.73 Å². The molecule has 2 N–H and O–H groups in total. The van der Waals surface area contributed by atoms with Gasteiger partial charge < -0.3 is 10.5 Å². The normalized spacial score (nSPS) is 14.5. The molecule has 1 aromatic carbocycles. The summed E-state index contributed by atoms with van der Waals surface area (Å²) in [6.07, 6.45) is 8.93.